The molecule has 2 heterocycles. The molecule has 0 fully saturated rings. The van der Waals surface area contributed by atoms with E-state index in [9.17, 15) is 4.79 Å². The van der Waals surface area contributed by atoms with E-state index in [1.807, 2.05) is 66.3 Å². The third kappa shape index (κ3) is 6.17. The molecule has 0 radical (unpaired) electrons. The van der Waals surface area contributed by atoms with Gasteiger partial charge in [-0.3, -0.25) is 14.2 Å². The maximum Gasteiger partial charge on any atom is 0.248 e. The van der Waals surface area contributed by atoms with Crippen molar-refractivity contribution in [3.63, 3.8) is 0 Å². The zero-order chi connectivity index (χ0) is 24.6. The summed E-state index contributed by atoms with van der Waals surface area (Å²) in [6.45, 7) is 5.88. The van der Waals surface area contributed by atoms with Crippen LogP contribution in [-0.4, -0.2) is 32.6 Å². The number of amides is 1. The molecule has 0 aliphatic rings. The van der Waals surface area contributed by atoms with Gasteiger partial charge in [0.1, 0.15) is 18.1 Å². The number of hydrogen-bond acceptors (Lipinski definition) is 5. The fourth-order valence-electron chi connectivity index (χ4n) is 3.70. The van der Waals surface area contributed by atoms with Crippen molar-refractivity contribution >= 4 is 17.7 Å². The van der Waals surface area contributed by atoms with Gasteiger partial charge in [-0.25, -0.2) is 0 Å². The van der Waals surface area contributed by atoms with E-state index in [0.717, 1.165) is 40.4 Å². The number of hydrogen-bond donors (Lipinski definition) is 1. The van der Waals surface area contributed by atoms with Gasteiger partial charge in [0.15, 0.2) is 0 Å². The van der Waals surface area contributed by atoms with Crippen LogP contribution in [0.4, 0.5) is 5.69 Å². The van der Waals surface area contributed by atoms with Gasteiger partial charge in [0, 0.05) is 35.6 Å². The second-order valence-corrected chi connectivity index (χ2v) is 7.99. The Morgan fingerprint density at radius 2 is 1.91 bits per heavy atom. The van der Waals surface area contributed by atoms with Crippen LogP contribution in [0.5, 0.6) is 11.5 Å². The zero-order valence-corrected chi connectivity index (χ0v) is 20.1. The highest BCUT2D eigenvalue weighted by Crippen LogP contribution is 2.23. The van der Waals surface area contributed by atoms with Crippen LogP contribution in [0.3, 0.4) is 0 Å². The Morgan fingerprint density at radius 1 is 1.09 bits per heavy atom. The number of ether oxygens (including phenoxy) is 2. The number of rotatable bonds is 10. The summed E-state index contributed by atoms with van der Waals surface area (Å²) in [6.07, 6.45) is 8.55. The van der Waals surface area contributed by atoms with Gasteiger partial charge in [0.25, 0.3) is 0 Å². The normalized spacial score (nSPS) is 11.1. The number of carbonyl (C=O) groups is 1. The molecule has 180 valence electrons. The number of aromatic nitrogens is 4. The van der Waals surface area contributed by atoms with E-state index in [1.165, 1.54) is 6.08 Å². The smallest absolute Gasteiger partial charge is 0.248 e. The average molecular weight is 472 g/mol. The molecule has 35 heavy (non-hydrogen) atoms. The van der Waals surface area contributed by atoms with Gasteiger partial charge in [-0.1, -0.05) is 24.3 Å². The molecule has 8 heteroatoms. The molecular formula is C27H29N5O3. The Labute approximate surface area is 204 Å². The van der Waals surface area contributed by atoms with Crippen molar-refractivity contribution in [1.82, 2.24) is 19.6 Å². The first-order valence-electron chi connectivity index (χ1n) is 11.4. The van der Waals surface area contributed by atoms with Gasteiger partial charge < -0.3 is 14.8 Å². The minimum absolute atomic E-state index is 0.238. The predicted octanol–water partition coefficient (Wildman–Crippen LogP) is 4.70. The quantitative estimate of drug-likeness (QED) is 0.339. The van der Waals surface area contributed by atoms with E-state index in [-0.39, 0.29) is 5.91 Å². The summed E-state index contributed by atoms with van der Waals surface area (Å²) in [5.74, 6) is 1.27. The minimum atomic E-state index is -0.238. The van der Waals surface area contributed by atoms with Crippen molar-refractivity contribution in [3.8, 4) is 11.5 Å². The van der Waals surface area contributed by atoms with Gasteiger partial charge in [-0.2, -0.15) is 10.2 Å². The first-order valence-corrected chi connectivity index (χ1v) is 11.4. The summed E-state index contributed by atoms with van der Waals surface area (Å²) in [5, 5.41) is 11.6. The minimum Gasteiger partial charge on any atom is -0.496 e. The van der Waals surface area contributed by atoms with Gasteiger partial charge in [-0.15, -0.1) is 0 Å². The molecule has 0 spiro atoms. The van der Waals surface area contributed by atoms with E-state index in [2.05, 4.69) is 22.4 Å². The van der Waals surface area contributed by atoms with Gasteiger partial charge >= 0.3 is 0 Å². The fraction of sp³-hybridized carbons (Fsp3) is 0.222. The zero-order valence-electron chi connectivity index (χ0n) is 20.1. The van der Waals surface area contributed by atoms with Crippen molar-refractivity contribution in [3.05, 3.63) is 95.6 Å². The maximum atomic E-state index is 12.5. The third-order valence-corrected chi connectivity index (χ3v) is 5.61. The van der Waals surface area contributed by atoms with Crippen LogP contribution >= 0.6 is 0 Å². The SMILES string of the molecule is CCn1ncc(Cn2cc(NC(=O)/C=C/c3ccc(OC)c(COc4ccccc4)c3)cn2)c1C. The van der Waals surface area contributed by atoms with Crippen LogP contribution in [0.2, 0.25) is 0 Å². The topological polar surface area (TPSA) is 83.2 Å². The van der Waals surface area contributed by atoms with Crippen molar-refractivity contribution in [2.45, 2.75) is 33.5 Å². The van der Waals surface area contributed by atoms with Crippen LogP contribution in [-0.2, 0) is 24.5 Å². The summed E-state index contributed by atoms with van der Waals surface area (Å²) in [4.78, 5) is 12.5. The number of carbonyl (C=O) groups excluding carboxylic acids is 1. The second kappa shape index (κ2) is 11.2. The Balaban J connectivity index is 1.36. The molecule has 0 saturated carbocycles. The molecule has 2 aromatic heterocycles. The first-order chi connectivity index (χ1) is 17.1. The number of anilines is 1. The van der Waals surface area contributed by atoms with Crippen LogP contribution in [0.15, 0.2) is 73.2 Å². The lowest BCUT2D eigenvalue weighted by Gasteiger charge is -2.11. The standard InChI is InChI=1S/C27H29N5O3/c1-4-32-20(2)23(15-29-32)17-31-18-24(16-28-31)30-27(33)13-11-21-10-12-26(34-3)22(14-21)19-35-25-8-6-5-7-9-25/h5-16,18H,4,17,19H2,1-3H3,(H,30,33)/b13-11+. The van der Waals surface area contributed by atoms with Crippen LogP contribution < -0.4 is 14.8 Å². The Hall–Kier alpha value is -4.33. The van der Waals surface area contributed by atoms with E-state index in [1.54, 1.807) is 30.3 Å². The summed E-state index contributed by atoms with van der Waals surface area (Å²) >= 11 is 0. The summed E-state index contributed by atoms with van der Waals surface area (Å²) < 4.78 is 15.0. The van der Waals surface area contributed by atoms with Gasteiger partial charge in [0.2, 0.25) is 5.91 Å². The highest BCUT2D eigenvalue weighted by Gasteiger charge is 2.09. The average Bonchev–Trinajstić information content (AvgIpc) is 3.47. The molecule has 0 saturated heterocycles. The van der Waals surface area contributed by atoms with E-state index in [4.69, 9.17) is 9.47 Å². The molecule has 1 N–H and O–H groups in total. The lowest BCUT2D eigenvalue weighted by Crippen LogP contribution is -2.07. The molecule has 2 aromatic carbocycles. The highest BCUT2D eigenvalue weighted by atomic mass is 16.5. The molecule has 0 atom stereocenters. The summed E-state index contributed by atoms with van der Waals surface area (Å²) in [5.41, 5.74) is 4.60. The summed E-state index contributed by atoms with van der Waals surface area (Å²) in [7, 11) is 1.63. The van der Waals surface area contributed by atoms with Crippen LogP contribution in [0.1, 0.15) is 29.3 Å². The number of aryl methyl sites for hydroxylation is 1. The molecule has 0 aliphatic heterocycles. The van der Waals surface area contributed by atoms with E-state index >= 15 is 0 Å². The molecule has 4 rings (SSSR count). The number of benzene rings is 2. The maximum absolute atomic E-state index is 12.5. The molecule has 0 bridgehead atoms. The predicted molar refractivity (Wildman–Crippen MR) is 135 cm³/mol. The van der Waals surface area contributed by atoms with Gasteiger partial charge in [0.05, 0.1) is 31.7 Å². The van der Waals surface area contributed by atoms with E-state index < -0.39 is 0 Å². The Bertz CT molecular complexity index is 1310. The van der Waals surface area contributed by atoms with Crippen LogP contribution in [0, 0.1) is 6.92 Å². The molecular weight excluding hydrogens is 442 g/mol. The molecule has 0 aliphatic carbocycles. The lowest BCUT2D eigenvalue weighted by atomic mass is 10.1. The number of nitrogens with one attached hydrogen (secondary N) is 1. The third-order valence-electron chi connectivity index (χ3n) is 5.61. The number of nitrogens with zero attached hydrogens (tertiary/aromatic N) is 4. The van der Waals surface area contributed by atoms with Crippen molar-refractivity contribution in [1.29, 1.82) is 0 Å². The first kappa shape index (κ1) is 23.8. The van der Waals surface area contributed by atoms with Gasteiger partial charge in [-0.05, 0) is 49.8 Å². The largest absolute Gasteiger partial charge is 0.496 e. The van der Waals surface area contributed by atoms with Crippen molar-refractivity contribution in [2.75, 3.05) is 12.4 Å². The Morgan fingerprint density at radius 3 is 2.66 bits per heavy atom. The fourth-order valence-corrected chi connectivity index (χ4v) is 3.70. The number of para-hydroxylation sites is 1. The molecule has 4 aromatic rings. The van der Waals surface area contributed by atoms with Crippen LogP contribution in [0.25, 0.3) is 6.08 Å². The number of methoxy groups -OCH3 is 1. The monoisotopic (exact) mass is 471 g/mol. The molecule has 0 unspecified atom stereocenters. The second-order valence-electron chi connectivity index (χ2n) is 7.99. The summed E-state index contributed by atoms with van der Waals surface area (Å²) in [6, 6.07) is 15.3. The molecule has 1 amide bonds. The Kier molecular flexibility index (Phi) is 7.62. The van der Waals surface area contributed by atoms with E-state index in [0.29, 0.717) is 18.8 Å². The van der Waals surface area contributed by atoms with Crippen molar-refractivity contribution in [2.24, 2.45) is 0 Å². The molecule has 8 nitrogen and oxygen atoms in total. The van der Waals surface area contributed by atoms with Crippen molar-refractivity contribution < 1.29 is 14.3 Å². The lowest BCUT2D eigenvalue weighted by molar-refractivity contribution is -0.111. The highest BCUT2D eigenvalue weighted by molar-refractivity contribution is 6.01.